The van der Waals surface area contributed by atoms with Crippen molar-refractivity contribution in [1.29, 1.82) is 0 Å². The first kappa shape index (κ1) is 12.5. The average Bonchev–Trinajstić information content (AvgIpc) is 2.86. The normalized spacial score (nSPS) is 10.9. The van der Waals surface area contributed by atoms with Gasteiger partial charge in [-0.3, -0.25) is 0 Å². The van der Waals surface area contributed by atoms with Crippen LogP contribution in [0, 0.1) is 0 Å². The van der Waals surface area contributed by atoms with Crippen molar-refractivity contribution in [2.75, 3.05) is 7.11 Å². The van der Waals surface area contributed by atoms with Gasteiger partial charge in [-0.25, -0.2) is 0 Å². The van der Waals surface area contributed by atoms with Crippen molar-refractivity contribution in [2.45, 2.75) is 26.3 Å². The van der Waals surface area contributed by atoms with E-state index < -0.39 is 0 Å². The summed E-state index contributed by atoms with van der Waals surface area (Å²) in [6, 6.07) is 5.81. The molecule has 6 heteroatoms. The molecule has 2 rings (SSSR count). The van der Waals surface area contributed by atoms with Crippen LogP contribution in [0.3, 0.4) is 0 Å². The molecular formula is C12H17N5O. The number of methoxy groups -OCH3 is 1. The average molecular weight is 247 g/mol. The van der Waals surface area contributed by atoms with Crippen LogP contribution in [0.25, 0.3) is 5.69 Å². The molecule has 0 fully saturated rings. The highest BCUT2D eigenvalue weighted by atomic mass is 16.5. The second-order valence-corrected chi connectivity index (χ2v) is 4.28. The summed E-state index contributed by atoms with van der Waals surface area (Å²) in [5.74, 6) is 1.75. The second-order valence-electron chi connectivity index (χ2n) is 4.28. The Hall–Kier alpha value is -1.95. The minimum Gasteiger partial charge on any atom is -0.496 e. The molecule has 0 saturated carbocycles. The molecule has 0 bridgehead atoms. The Kier molecular flexibility index (Phi) is 3.57. The molecule has 2 N–H and O–H groups in total. The van der Waals surface area contributed by atoms with Gasteiger partial charge in [0.15, 0.2) is 5.82 Å². The molecule has 0 radical (unpaired) electrons. The van der Waals surface area contributed by atoms with Crippen LogP contribution in [0.4, 0.5) is 0 Å². The molecule has 18 heavy (non-hydrogen) atoms. The summed E-state index contributed by atoms with van der Waals surface area (Å²) >= 11 is 0. The minimum atomic E-state index is 0.285. The number of aromatic nitrogens is 4. The number of ether oxygens (including phenoxy) is 1. The topological polar surface area (TPSA) is 78.8 Å². The van der Waals surface area contributed by atoms with Crippen LogP contribution in [0.5, 0.6) is 5.75 Å². The van der Waals surface area contributed by atoms with E-state index in [9.17, 15) is 0 Å². The van der Waals surface area contributed by atoms with Gasteiger partial charge in [0, 0.05) is 0 Å². The van der Waals surface area contributed by atoms with E-state index in [0.29, 0.717) is 11.7 Å². The zero-order valence-electron chi connectivity index (χ0n) is 10.8. The fourth-order valence-electron chi connectivity index (χ4n) is 1.73. The minimum absolute atomic E-state index is 0.285. The molecule has 1 aromatic carbocycles. The highest BCUT2D eigenvalue weighted by Gasteiger charge is 2.10. The van der Waals surface area contributed by atoms with Gasteiger partial charge in [0.1, 0.15) is 5.75 Å². The zero-order chi connectivity index (χ0) is 13.1. The van der Waals surface area contributed by atoms with E-state index in [1.807, 2.05) is 18.2 Å². The van der Waals surface area contributed by atoms with Crippen molar-refractivity contribution >= 4 is 0 Å². The first-order valence-electron chi connectivity index (χ1n) is 5.83. The summed E-state index contributed by atoms with van der Waals surface area (Å²) in [4.78, 5) is 1.48. The fraction of sp³-hybridized carbons (Fsp3) is 0.417. The highest BCUT2D eigenvalue weighted by Crippen LogP contribution is 2.28. The molecule has 0 saturated heterocycles. The summed E-state index contributed by atoms with van der Waals surface area (Å²) in [6.45, 7) is 4.51. The maximum atomic E-state index is 5.47. The fourth-order valence-corrected chi connectivity index (χ4v) is 1.73. The predicted octanol–water partition coefficient (Wildman–Crippen LogP) is 1.25. The van der Waals surface area contributed by atoms with Crippen molar-refractivity contribution in [3.63, 3.8) is 0 Å². The molecule has 0 unspecified atom stereocenters. The summed E-state index contributed by atoms with van der Waals surface area (Å²) in [5.41, 5.74) is 7.43. The molecule has 1 heterocycles. The molecule has 0 aliphatic heterocycles. The third-order valence-corrected chi connectivity index (χ3v) is 2.70. The van der Waals surface area contributed by atoms with Gasteiger partial charge in [-0.15, -0.1) is 15.0 Å². The van der Waals surface area contributed by atoms with Crippen LogP contribution in [0.15, 0.2) is 18.2 Å². The van der Waals surface area contributed by atoms with E-state index in [-0.39, 0.29) is 6.54 Å². The largest absolute Gasteiger partial charge is 0.496 e. The SMILES string of the molecule is COc1ccc(-n2nnc(CN)n2)cc1C(C)C. The van der Waals surface area contributed by atoms with Crippen LogP contribution in [0.1, 0.15) is 31.2 Å². The Morgan fingerprint density at radius 3 is 2.72 bits per heavy atom. The standard InChI is InChI=1S/C12H17N5O/c1-8(2)10-6-9(4-5-11(10)18-3)17-15-12(7-13)14-16-17/h4-6,8H,7,13H2,1-3H3. The van der Waals surface area contributed by atoms with Gasteiger partial charge in [0.05, 0.1) is 19.3 Å². The molecule has 0 aliphatic carbocycles. The molecule has 0 spiro atoms. The number of hydrogen-bond acceptors (Lipinski definition) is 5. The molecule has 1 aromatic heterocycles. The maximum Gasteiger partial charge on any atom is 0.188 e. The Bertz CT molecular complexity index is 535. The number of nitrogens with zero attached hydrogens (tertiary/aromatic N) is 4. The van der Waals surface area contributed by atoms with E-state index in [4.69, 9.17) is 10.5 Å². The third kappa shape index (κ3) is 2.33. The molecule has 0 amide bonds. The summed E-state index contributed by atoms with van der Waals surface area (Å²) in [7, 11) is 1.67. The van der Waals surface area contributed by atoms with E-state index in [1.54, 1.807) is 7.11 Å². The Morgan fingerprint density at radius 1 is 1.39 bits per heavy atom. The molecule has 2 aromatic rings. The van der Waals surface area contributed by atoms with Gasteiger partial charge >= 0.3 is 0 Å². The molecule has 0 atom stereocenters. The van der Waals surface area contributed by atoms with Gasteiger partial charge in [0.25, 0.3) is 0 Å². The molecular weight excluding hydrogens is 230 g/mol. The molecule has 96 valence electrons. The van der Waals surface area contributed by atoms with Crippen LogP contribution in [0.2, 0.25) is 0 Å². The number of benzene rings is 1. The molecule has 6 nitrogen and oxygen atoms in total. The number of nitrogens with two attached hydrogens (primary N) is 1. The van der Waals surface area contributed by atoms with Gasteiger partial charge in [-0.05, 0) is 34.9 Å². The second kappa shape index (κ2) is 5.14. The van der Waals surface area contributed by atoms with Crippen molar-refractivity contribution in [3.05, 3.63) is 29.6 Å². The first-order valence-corrected chi connectivity index (χ1v) is 5.83. The highest BCUT2D eigenvalue weighted by molar-refractivity contribution is 5.44. The third-order valence-electron chi connectivity index (χ3n) is 2.70. The summed E-state index contributed by atoms with van der Waals surface area (Å²) in [5, 5.41) is 12.0. The lowest BCUT2D eigenvalue weighted by Gasteiger charge is -2.12. The smallest absolute Gasteiger partial charge is 0.188 e. The van der Waals surface area contributed by atoms with Crippen molar-refractivity contribution in [1.82, 2.24) is 20.2 Å². The number of rotatable bonds is 4. The summed E-state index contributed by atoms with van der Waals surface area (Å²) in [6.07, 6.45) is 0. The van der Waals surface area contributed by atoms with Gasteiger partial charge < -0.3 is 10.5 Å². The lowest BCUT2D eigenvalue weighted by atomic mass is 10.0. The predicted molar refractivity (Wildman–Crippen MR) is 67.7 cm³/mol. The number of tetrazole rings is 1. The Labute approximate surface area is 106 Å². The molecule has 0 aliphatic rings. The van der Waals surface area contributed by atoms with Gasteiger partial charge in [0.2, 0.25) is 0 Å². The van der Waals surface area contributed by atoms with E-state index in [2.05, 4.69) is 29.3 Å². The summed E-state index contributed by atoms with van der Waals surface area (Å²) < 4.78 is 5.34. The van der Waals surface area contributed by atoms with Crippen molar-refractivity contribution in [2.24, 2.45) is 5.73 Å². The van der Waals surface area contributed by atoms with E-state index in [0.717, 1.165) is 17.0 Å². The van der Waals surface area contributed by atoms with E-state index >= 15 is 0 Å². The van der Waals surface area contributed by atoms with Gasteiger partial charge in [-0.2, -0.15) is 0 Å². The van der Waals surface area contributed by atoms with Crippen LogP contribution in [-0.2, 0) is 6.54 Å². The van der Waals surface area contributed by atoms with Crippen molar-refractivity contribution < 1.29 is 4.74 Å². The lowest BCUT2D eigenvalue weighted by molar-refractivity contribution is 0.407. The monoisotopic (exact) mass is 247 g/mol. The number of hydrogen-bond donors (Lipinski definition) is 1. The lowest BCUT2D eigenvalue weighted by Crippen LogP contribution is -2.03. The van der Waals surface area contributed by atoms with E-state index in [1.165, 1.54) is 4.80 Å². The van der Waals surface area contributed by atoms with Crippen LogP contribution >= 0.6 is 0 Å². The Balaban J connectivity index is 2.42. The van der Waals surface area contributed by atoms with Gasteiger partial charge in [-0.1, -0.05) is 13.8 Å². The zero-order valence-corrected chi connectivity index (χ0v) is 10.8. The van der Waals surface area contributed by atoms with Crippen LogP contribution in [-0.4, -0.2) is 27.3 Å². The van der Waals surface area contributed by atoms with Crippen LogP contribution < -0.4 is 10.5 Å². The maximum absolute atomic E-state index is 5.47. The Morgan fingerprint density at radius 2 is 2.17 bits per heavy atom. The van der Waals surface area contributed by atoms with Crippen molar-refractivity contribution in [3.8, 4) is 11.4 Å². The quantitative estimate of drug-likeness (QED) is 0.879. The first-order chi connectivity index (χ1) is 8.65.